The van der Waals surface area contributed by atoms with Crippen LogP contribution in [0, 0.1) is 91.0 Å². The fraction of sp³-hybridized carbons (Fsp3) is 0.632. The molecule has 0 saturated carbocycles. The van der Waals surface area contributed by atoms with Crippen molar-refractivity contribution in [1.29, 1.82) is 0 Å². The molecule has 3 N–H and O–H groups in total. The third kappa shape index (κ3) is 29.7. The van der Waals surface area contributed by atoms with Gasteiger partial charge in [-0.25, -0.2) is 0 Å². The topological polar surface area (TPSA) is 503 Å². The molecule has 0 atom stereocenters. The number of non-ortho nitro benzene ring substituents is 3. The lowest BCUT2D eigenvalue weighted by Gasteiger charge is -2.18. The number of nitro groups is 9. The van der Waals surface area contributed by atoms with Crippen LogP contribution in [0.4, 0.5) is 68.2 Å². The third-order valence-corrected chi connectivity index (χ3v) is 14.8. The number of unbranched alkanes of at least 4 members (excludes halogenated alkanes) is 24. The second-order valence-corrected chi connectivity index (χ2v) is 21.9. The number of nitrogens with zero attached hydrogens (tertiary/aromatic N) is 9. The largest absolute Gasteiger partial charge is 0.462 e. The maximum atomic E-state index is 13.0. The molecule has 0 saturated heterocycles. The van der Waals surface area contributed by atoms with Crippen molar-refractivity contribution in [3.8, 4) is 0 Å². The Kier molecular flexibility index (Phi) is 35.7. The Balaban J connectivity index is 1.35. The Labute approximate surface area is 532 Å². The van der Waals surface area contributed by atoms with Gasteiger partial charge in [0.25, 0.3) is 17.1 Å². The Morgan fingerprint density at radius 1 is 0.290 bits per heavy atom. The molecule has 0 heterocycles. The summed E-state index contributed by atoms with van der Waals surface area (Å²) >= 11 is 0. The summed E-state index contributed by atoms with van der Waals surface area (Å²) in [5.41, 5.74) is -8.05. The van der Waals surface area contributed by atoms with Crippen molar-refractivity contribution < 1.29 is 72.9 Å². The highest BCUT2D eigenvalue weighted by Crippen LogP contribution is 2.41. The van der Waals surface area contributed by atoms with Gasteiger partial charge >= 0.3 is 52.0 Å². The molecule has 0 spiro atoms. The lowest BCUT2D eigenvalue weighted by atomic mass is 10.1. The monoisotopic (exact) mass is 1320 g/mol. The molecule has 36 heteroatoms. The SMILES string of the molecule is O=C(CCCCCCCCCCCNc1c([N+](=O)[O-])cc([N+](=O)[O-])cc1[N+](=O)[O-])OCC(COC(=O)CCCCCCCCCCCNc1c([N+](=O)[O-])cc([N+](=O)[O-])cc1[N+](=O)[O-])OC(=O)CCCCCCCCCCCNc1c([N+](=O)[O-])cc([N+](=O)[O-])cc1[N+](=O)[O-]. The molecular formula is C57H80N12O24. The van der Waals surface area contributed by atoms with Gasteiger partial charge in [-0.2, -0.15) is 0 Å². The molecule has 0 radical (unpaired) electrons. The van der Waals surface area contributed by atoms with Crippen LogP contribution in [0.25, 0.3) is 0 Å². The number of benzene rings is 3. The van der Waals surface area contributed by atoms with Gasteiger partial charge in [0, 0.05) is 38.9 Å². The molecule has 0 aliphatic rings. The maximum absolute atomic E-state index is 13.0. The molecule has 0 amide bonds. The molecule has 3 aromatic rings. The minimum Gasteiger partial charge on any atom is -0.462 e. The number of anilines is 3. The van der Waals surface area contributed by atoms with Gasteiger partial charge in [-0.15, -0.1) is 0 Å². The summed E-state index contributed by atoms with van der Waals surface area (Å²) in [7, 11) is 0. The molecule has 0 bridgehead atoms. The predicted octanol–water partition coefficient (Wildman–Crippen LogP) is 14.2. The molecule has 3 rings (SSSR count). The first kappa shape index (κ1) is 77.3. The molecular weight excluding hydrogens is 1240 g/mol. The molecule has 0 aliphatic carbocycles. The summed E-state index contributed by atoms with van der Waals surface area (Å²) in [5.74, 6) is -1.59. The first-order valence-electron chi connectivity index (χ1n) is 31.0. The fourth-order valence-corrected chi connectivity index (χ4v) is 9.93. The molecule has 93 heavy (non-hydrogen) atoms. The standard InChI is InChI=1S/C57H80N12O24/c70-52(28-22-16-10-4-1-7-13-19-25-31-58-55-46(64(79)80)34-42(61(73)74)35-47(55)65(81)82)91-40-45(93-54(72)30-24-18-12-6-3-9-15-21-27-33-60-57-50(68(87)88)38-44(63(77)78)39-51(57)69(89)90)41-92-53(71)29-23-17-11-5-2-8-14-20-26-32-59-56-48(66(83)84)36-43(62(75)76)37-49(56)67(85)86/h34-39,45,58-60H,1-33,40-41H2. The molecule has 0 fully saturated rings. The predicted molar refractivity (Wildman–Crippen MR) is 335 cm³/mol. The number of carbonyl (C=O) groups is 3. The minimum absolute atomic E-state index is 0.0679. The van der Waals surface area contributed by atoms with Crippen molar-refractivity contribution in [3.63, 3.8) is 0 Å². The maximum Gasteiger partial charge on any atom is 0.306 e. The quantitative estimate of drug-likeness (QED) is 0.0155. The zero-order valence-electron chi connectivity index (χ0n) is 51.6. The smallest absolute Gasteiger partial charge is 0.306 e. The van der Waals surface area contributed by atoms with Gasteiger partial charge in [-0.1, -0.05) is 135 Å². The Hall–Kier alpha value is -9.93. The second kappa shape index (κ2) is 42.9. The van der Waals surface area contributed by atoms with Crippen LogP contribution in [0.1, 0.15) is 193 Å². The van der Waals surface area contributed by atoms with Crippen molar-refractivity contribution in [1.82, 2.24) is 0 Å². The van der Waals surface area contributed by atoms with E-state index < -0.39 is 137 Å². The molecule has 0 aliphatic heterocycles. The van der Waals surface area contributed by atoms with E-state index in [1.807, 2.05) is 0 Å². The highest BCUT2D eigenvalue weighted by Gasteiger charge is 2.33. The van der Waals surface area contributed by atoms with E-state index in [1.165, 1.54) is 0 Å². The fourth-order valence-electron chi connectivity index (χ4n) is 9.93. The Morgan fingerprint density at radius 2 is 0.484 bits per heavy atom. The van der Waals surface area contributed by atoms with E-state index in [2.05, 4.69) is 16.0 Å². The van der Waals surface area contributed by atoms with Gasteiger partial charge in [0.1, 0.15) is 13.2 Å². The summed E-state index contributed by atoms with van der Waals surface area (Å²) in [5, 5.41) is 111. The van der Waals surface area contributed by atoms with Crippen LogP contribution in [-0.4, -0.2) is 101 Å². The zero-order valence-corrected chi connectivity index (χ0v) is 51.6. The van der Waals surface area contributed by atoms with E-state index in [-0.39, 0.29) is 52.1 Å². The lowest BCUT2D eigenvalue weighted by molar-refractivity contribution is -0.402. The molecule has 512 valence electrons. The number of hydrogen-bond donors (Lipinski definition) is 3. The highest BCUT2D eigenvalue weighted by molar-refractivity contribution is 5.79. The summed E-state index contributed by atoms with van der Waals surface area (Å²) < 4.78 is 16.5. The average molecular weight is 1320 g/mol. The summed E-state index contributed by atoms with van der Waals surface area (Å²) in [6.07, 6.45) is 19.7. The average Bonchev–Trinajstić information content (AvgIpc) is 0.871. The first-order chi connectivity index (χ1) is 44.4. The van der Waals surface area contributed by atoms with E-state index >= 15 is 0 Å². The van der Waals surface area contributed by atoms with E-state index in [0.717, 1.165) is 128 Å². The molecule has 0 aromatic heterocycles. The van der Waals surface area contributed by atoms with Crippen molar-refractivity contribution in [2.75, 3.05) is 48.8 Å². The summed E-state index contributed by atoms with van der Waals surface area (Å²) in [6.45, 7) is -0.139. The van der Waals surface area contributed by atoms with Crippen molar-refractivity contribution in [2.24, 2.45) is 0 Å². The van der Waals surface area contributed by atoms with Crippen LogP contribution in [0.15, 0.2) is 36.4 Å². The van der Waals surface area contributed by atoms with Crippen LogP contribution in [0.3, 0.4) is 0 Å². The normalized spacial score (nSPS) is 10.9. The van der Waals surface area contributed by atoms with Crippen LogP contribution in [0.2, 0.25) is 0 Å². The molecule has 0 unspecified atom stereocenters. The summed E-state index contributed by atoms with van der Waals surface area (Å²) in [4.78, 5) is 133. The van der Waals surface area contributed by atoms with Crippen LogP contribution >= 0.6 is 0 Å². The first-order valence-corrected chi connectivity index (χ1v) is 31.0. The van der Waals surface area contributed by atoms with Crippen LogP contribution in [-0.2, 0) is 28.6 Å². The van der Waals surface area contributed by atoms with E-state index in [9.17, 15) is 105 Å². The van der Waals surface area contributed by atoms with Gasteiger partial charge in [0.15, 0.2) is 23.2 Å². The van der Waals surface area contributed by atoms with Crippen molar-refractivity contribution in [3.05, 3.63) is 127 Å². The van der Waals surface area contributed by atoms with Gasteiger partial charge < -0.3 is 30.2 Å². The minimum atomic E-state index is -1.05. The third-order valence-electron chi connectivity index (χ3n) is 14.8. The van der Waals surface area contributed by atoms with Gasteiger partial charge in [-0.05, 0) is 38.5 Å². The van der Waals surface area contributed by atoms with E-state index in [4.69, 9.17) is 14.2 Å². The Morgan fingerprint density at radius 3 is 0.688 bits per heavy atom. The zero-order chi connectivity index (χ0) is 68.7. The number of rotatable bonds is 53. The second-order valence-electron chi connectivity index (χ2n) is 21.9. The van der Waals surface area contributed by atoms with Crippen LogP contribution in [0.5, 0.6) is 0 Å². The highest BCUT2D eigenvalue weighted by atomic mass is 16.7. The van der Waals surface area contributed by atoms with Gasteiger partial charge in [0.2, 0.25) is 0 Å². The number of nitrogens with one attached hydrogen (secondary N) is 3. The molecule has 36 nitrogen and oxygen atoms in total. The lowest BCUT2D eigenvalue weighted by Crippen LogP contribution is -2.30. The Bertz CT molecular complexity index is 2820. The number of carbonyl (C=O) groups excluding carboxylic acids is 3. The number of hydrogen-bond acceptors (Lipinski definition) is 27. The van der Waals surface area contributed by atoms with Crippen molar-refractivity contribution >= 4 is 86.2 Å². The summed E-state index contributed by atoms with van der Waals surface area (Å²) in [6, 6.07) is 4.06. The van der Waals surface area contributed by atoms with Crippen LogP contribution < -0.4 is 16.0 Å². The van der Waals surface area contributed by atoms with Gasteiger partial charge in [-0.3, -0.25) is 105 Å². The van der Waals surface area contributed by atoms with Crippen molar-refractivity contribution in [2.45, 2.75) is 199 Å². The number of ether oxygens (including phenoxy) is 3. The van der Waals surface area contributed by atoms with E-state index in [1.54, 1.807) is 0 Å². The van der Waals surface area contributed by atoms with E-state index in [0.29, 0.717) is 81.3 Å². The number of esters is 3. The van der Waals surface area contributed by atoms with Gasteiger partial charge in [0.05, 0.1) is 80.7 Å². The number of nitro benzene ring substituents is 9. The molecule has 3 aromatic carbocycles.